The van der Waals surface area contributed by atoms with Crippen molar-refractivity contribution >= 4 is 17.2 Å². The predicted octanol–water partition coefficient (Wildman–Crippen LogP) is 2.84. The van der Waals surface area contributed by atoms with Crippen molar-refractivity contribution in [2.24, 2.45) is 5.41 Å². The van der Waals surface area contributed by atoms with Crippen LogP contribution in [0.4, 0.5) is 0 Å². The number of nitrogens with zero attached hydrogens (tertiary/aromatic N) is 1. The van der Waals surface area contributed by atoms with Crippen LogP contribution in [0.3, 0.4) is 0 Å². The summed E-state index contributed by atoms with van der Waals surface area (Å²) >= 11 is 1.62. The number of carbonyl (C=O) groups is 1. The average Bonchev–Trinajstić information content (AvgIpc) is 2.90. The van der Waals surface area contributed by atoms with Gasteiger partial charge in [0.2, 0.25) is 5.91 Å². The summed E-state index contributed by atoms with van der Waals surface area (Å²) in [6, 6.07) is 6.19. The lowest BCUT2D eigenvalue weighted by Crippen LogP contribution is -2.41. The van der Waals surface area contributed by atoms with Gasteiger partial charge in [-0.05, 0) is 24.3 Å². The molecule has 1 aliphatic carbocycles. The van der Waals surface area contributed by atoms with Gasteiger partial charge < -0.3 is 5.32 Å². The smallest absolute Gasteiger partial charge is 0.240 e. The van der Waals surface area contributed by atoms with E-state index >= 15 is 0 Å². The lowest BCUT2D eigenvalue weighted by molar-refractivity contribution is -0.129. The molecular formula is C13H16N2OS. The summed E-state index contributed by atoms with van der Waals surface area (Å²) in [7, 11) is 0. The van der Waals surface area contributed by atoms with E-state index in [4.69, 9.17) is 0 Å². The average molecular weight is 248 g/mol. The van der Waals surface area contributed by atoms with Gasteiger partial charge in [-0.1, -0.05) is 25.3 Å². The van der Waals surface area contributed by atoms with Crippen molar-refractivity contribution in [1.82, 2.24) is 5.32 Å². The van der Waals surface area contributed by atoms with E-state index in [9.17, 15) is 10.1 Å². The van der Waals surface area contributed by atoms with Gasteiger partial charge in [0.1, 0.15) is 5.41 Å². The molecule has 90 valence electrons. The molecule has 2 rings (SSSR count). The molecule has 3 nitrogen and oxygen atoms in total. The second-order valence-electron chi connectivity index (χ2n) is 4.52. The van der Waals surface area contributed by atoms with Crippen molar-refractivity contribution in [2.75, 3.05) is 0 Å². The highest BCUT2D eigenvalue weighted by Gasteiger charge is 2.39. The largest absolute Gasteiger partial charge is 0.350 e. The number of hydrogen-bond donors (Lipinski definition) is 1. The fourth-order valence-corrected chi connectivity index (χ4v) is 2.94. The third kappa shape index (κ3) is 2.67. The minimum atomic E-state index is -0.768. The van der Waals surface area contributed by atoms with Crippen molar-refractivity contribution in [3.8, 4) is 6.07 Å². The number of nitrogens with one attached hydrogen (secondary N) is 1. The van der Waals surface area contributed by atoms with Crippen LogP contribution in [0, 0.1) is 16.7 Å². The van der Waals surface area contributed by atoms with Crippen LogP contribution in [0.2, 0.25) is 0 Å². The first-order valence-electron chi connectivity index (χ1n) is 5.99. The van der Waals surface area contributed by atoms with E-state index in [2.05, 4.69) is 11.4 Å². The lowest BCUT2D eigenvalue weighted by atomic mass is 9.74. The van der Waals surface area contributed by atoms with Gasteiger partial charge in [-0.25, -0.2) is 0 Å². The summed E-state index contributed by atoms with van der Waals surface area (Å²) in [5.41, 5.74) is -0.768. The van der Waals surface area contributed by atoms with Crippen LogP contribution >= 0.6 is 11.3 Å². The summed E-state index contributed by atoms with van der Waals surface area (Å²) < 4.78 is 0. The summed E-state index contributed by atoms with van der Waals surface area (Å²) in [5, 5.41) is 14.1. The molecule has 0 atom stereocenters. The molecule has 1 N–H and O–H groups in total. The van der Waals surface area contributed by atoms with Crippen molar-refractivity contribution in [3.05, 3.63) is 22.4 Å². The van der Waals surface area contributed by atoms with Crippen molar-refractivity contribution in [3.63, 3.8) is 0 Å². The van der Waals surface area contributed by atoms with Crippen LogP contribution in [0.25, 0.3) is 0 Å². The Morgan fingerprint density at radius 2 is 2.24 bits per heavy atom. The second-order valence-corrected chi connectivity index (χ2v) is 5.55. The molecule has 0 spiro atoms. The molecule has 0 unspecified atom stereocenters. The first kappa shape index (κ1) is 12.1. The maximum atomic E-state index is 12.1. The maximum absolute atomic E-state index is 12.1. The van der Waals surface area contributed by atoms with Crippen LogP contribution in [0.5, 0.6) is 0 Å². The van der Waals surface area contributed by atoms with Crippen LogP contribution in [0.1, 0.15) is 37.0 Å². The zero-order chi connectivity index (χ0) is 12.1. The molecule has 1 amide bonds. The number of nitriles is 1. The summed E-state index contributed by atoms with van der Waals surface area (Å²) in [4.78, 5) is 13.2. The Hall–Kier alpha value is -1.34. The number of amides is 1. The van der Waals surface area contributed by atoms with Gasteiger partial charge in [0, 0.05) is 4.88 Å². The number of carbonyl (C=O) groups excluding carboxylic acids is 1. The number of hydrogen-bond acceptors (Lipinski definition) is 3. The lowest BCUT2D eigenvalue weighted by Gasteiger charge is -2.29. The Morgan fingerprint density at radius 1 is 1.47 bits per heavy atom. The van der Waals surface area contributed by atoms with E-state index in [0.29, 0.717) is 19.4 Å². The quantitative estimate of drug-likeness (QED) is 0.894. The van der Waals surface area contributed by atoms with Crippen molar-refractivity contribution in [1.29, 1.82) is 5.26 Å². The molecule has 0 aromatic carbocycles. The van der Waals surface area contributed by atoms with Gasteiger partial charge in [-0.3, -0.25) is 4.79 Å². The summed E-state index contributed by atoms with van der Waals surface area (Å²) in [5.74, 6) is -0.0897. The maximum Gasteiger partial charge on any atom is 0.240 e. The number of thiophene rings is 1. The van der Waals surface area contributed by atoms with E-state index in [1.54, 1.807) is 11.3 Å². The third-order valence-corrected chi connectivity index (χ3v) is 4.24. The molecule has 0 radical (unpaired) electrons. The highest BCUT2D eigenvalue weighted by molar-refractivity contribution is 7.09. The molecule has 0 aliphatic heterocycles. The zero-order valence-electron chi connectivity index (χ0n) is 9.74. The molecule has 0 saturated heterocycles. The normalized spacial score (nSPS) is 18.3. The Balaban J connectivity index is 1.96. The molecule has 1 aliphatic rings. The van der Waals surface area contributed by atoms with E-state index in [1.165, 1.54) is 0 Å². The molecule has 17 heavy (non-hydrogen) atoms. The van der Waals surface area contributed by atoms with Gasteiger partial charge in [0.15, 0.2) is 0 Å². The Bertz CT molecular complexity index is 413. The minimum absolute atomic E-state index is 0.0897. The first-order chi connectivity index (χ1) is 8.27. The first-order valence-corrected chi connectivity index (χ1v) is 6.87. The molecule has 0 bridgehead atoms. The molecular weight excluding hydrogens is 232 g/mol. The molecule has 1 fully saturated rings. The van der Waals surface area contributed by atoms with Gasteiger partial charge >= 0.3 is 0 Å². The van der Waals surface area contributed by atoms with E-state index in [0.717, 1.165) is 24.1 Å². The number of rotatable bonds is 3. The van der Waals surface area contributed by atoms with Crippen molar-refractivity contribution < 1.29 is 4.79 Å². The molecule has 1 heterocycles. The van der Waals surface area contributed by atoms with E-state index in [-0.39, 0.29) is 5.91 Å². The third-order valence-electron chi connectivity index (χ3n) is 3.36. The summed E-state index contributed by atoms with van der Waals surface area (Å²) in [6.07, 6.45) is 4.53. The molecule has 1 aromatic heterocycles. The fraction of sp³-hybridized carbons (Fsp3) is 0.538. The van der Waals surface area contributed by atoms with Gasteiger partial charge in [0.05, 0.1) is 12.6 Å². The van der Waals surface area contributed by atoms with E-state index < -0.39 is 5.41 Å². The molecule has 1 aromatic rings. The zero-order valence-corrected chi connectivity index (χ0v) is 10.6. The van der Waals surface area contributed by atoms with Crippen LogP contribution in [0.15, 0.2) is 17.5 Å². The Labute approximate surface area is 105 Å². The second kappa shape index (κ2) is 5.33. The molecule has 4 heteroatoms. The van der Waals surface area contributed by atoms with Gasteiger partial charge in [0.25, 0.3) is 0 Å². The highest BCUT2D eigenvalue weighted by atomic mass is 32.1. The minimum Gasteiger partial charge on any atom is -0.350 e. The van der Waals surface area contributed by atoms with Crippen LogP contribution in [-0.2, 0) is 11.3 Å². The topological polar surface area (TPSA) is 52.9 Å². The standard InChI is InChI=1S/C13H16N2OS/c14-10-13(6-2-1-3-7-13)12(16)15-9-11-5-4-8-17-11/h4-5,8H,1-3,6-7,9H2,(H,15,16). The predicted molar refractivity (Wildman–Crippen MR) is 67.3 cm³/mol. The Morgan fingerprint density at radius 3 is 2.82 bits per heavy atom. The van der Waals surface area contributed by atoms with Gasteiger partial charge in [-0.15, -0.1) is 11.3 Å². The van der Waals surface area contributed by atoms with Gasteiger partial charge in [-0.2, -0.15) is 5.26 Å². The van der Waals surface area contributed by atoms with Crippen molar-refractivity contribution in [2.45, 2.75) is 38.6 Å². The monoisotopic (exact) mass is 248 g/mol. The van der Waals surface area contributed by atoms with Crippen LogP contribution in [-0.4, -0.2) is 5.91 Å². The fourth-order valence-electron chi connectivity index (χ4n) is 2.29. The molecule has 1 saturated carbocycles. The summed E-state index contributed by atoms with van der Waals surface area (Å²) in [6.45, 7) is 0.542. The Kier molecular flexibility index (Phi) is 3.80. The van der Waals surface area contributed by atoms with Crippen LogP contribution < -0.4 is 5.32 Å². The SMILES string of the molecule is N#CC1(C(=O)NCc2cccs2)CCCCC1. The highest BCUT2D eigenvalue weighted by Crippen LogP contribution is 2.35. The van der Waals surface area contributed by atoms with E-state index in [1.807, 2.05) is 17.5 Å².